The summed E-state index contributed by atoms with van der Waals surface area (Å²) in [5.74, 6) is -2.51. The van der Waals surface area contributed by atoms with Crippen molar-refractivity contribution in [1.82, 2.24) is 10.2 Å². The molecular weight excluding hydrogens is 514 g/mol. The van der Waals surface area contributed by atoms with Crippen LogP contribution in [-0.2, 0) is 19.1 Å². The minimum Gasteiger partial charge on any atom is -0.394 e. The van der Waals surface area contributed by atoms with Crippen molar-refractivity contribution in [3.05, 3.63) is 30.3 Å². The first-order valence-electron chi connectivity index (χ1n) is 12.6. The van der Waals surface area contributed by atoms with Gasteiger partial charge in [-0.1, -0.05) is 61.3 Å². The van der Waals surface area contributed by atoms with Crippen LogP contribution in [0.15, 0.2) is 30.3 Å². The zero-order valence-electron chi connectivity index (χ0n) is 20.7. The maximum Gasteiger partial charge on any atom is 0.246 e. The number of alkyl halides is 1. The Morgan fingerprint density at radius 2 is 1.91 bits per heavy atom. The van der Waals surface area contributed by atoms with Crippen LogP contribution in [0.3, 0.4) is 0 Å². The Bertz CT molecular complexity index is 960. The lowest BCUT2D eigenvalue weighted by Gasteiger charge is -2.38. The summed E-state index contributed by atoms with van der Waals surface area (Å²) in [6, 6.07) is 7.56. The van der Waals surface area contributed by atoms with Crippen LogP contribution in [0.1, 0.15) is 47.0 Å². The van der Waals surface area contributed by atoms with Gasteiger partial charge in [0.25, 0.3) is 0 Å². The highest BCUT2D eigenvalue weighted by Crippen LogP contribution is 2.60. The van der Waals surface area contributed by atoms with Crippen LogP contribution in [0.4, 0.5) is 5.69 Å². The number of anilines is 1. The van der Waals surface area contributed by atoms with Crippen molar-refractivity contribution < 1.29 is 24.2 Å². The maximum atomic E-state index is 14.0. The van der Waals surface area contributed by atoms with Gasteiger partial charge in [-0.05, 0) is 37.8 Å². The number of amides is 3. The summed E-state index contributed by atoms with van der Waals surface area (Å²) in [6.45, 7) is 7.55. The van der Waals surface area contributed by atoms with Crippen molar-refractivity contribution in [2.45, 2.75) is 81.6 Å². The molecule has 1 aromatic rings. The topological polar surface area (TPSA) is 108 Å². The summed E-state index contributed by atoms with van der Waals surface area (Å²) in [6.07, 6.45) is 1.64. The molecule has 3 aliphatic heterocycles. The van der Waals surface area contributed by atoms with Gasteiger partial charge in [-0.15, -0.1) is 0 Å². The molecule has 4 rings (SSSR count). The van der Waals surface area contributed by atoms with Gasteiger partial charge in [-0.3, -0.25) is 14.4 Å². The van der Waals surface area contributed by atoms with Gasteiger partial charge < -0.3 is 25.4 Å². The molecule has 8 atom stereocenters. The molecule has 8 nitrogen and oxygen atoms in total. The molecule has 1 spiro atoms. The molecule has 192 valence electrons. The standard InChI is InChI=1S/C26H36BrN3O5/c1-5-9-15(4)28-24(33)22-26-12-17(27)21(35-26)19(23(32)29-16-10-7-6-8-11-16)20(26)25(34)30(22)18(13-31)14(2)3/h6-8,10-11,14-15,17-22,31H,5,9,12-13H2,1-4H3,(H,28,33)(H,29,32)/t15?,17?,18-,19+,20-,21+,22?,26?/m0/s1. The SMILES string of the molecule is CCCC(C)NC(=O)C1N([C@@H](CO)C(C)C)C(=O)[C@@H]2[C@@H](C(=O)Nc3ccccc3)[C@@H]3OC12CC3Br. The molecule has 3 fully saturated rings. The number of carbonyl (C=O) groups is 3. The number of carbonyl (C=O) groups excluding carboxylic acids is 3. The third kappa shape index (κ3) is 4.40. The number of aliphatic hydroxyl groups excluding tert-OH is 1. The monoisotopic (exact) mass is 549 g/mol. The highest BCUT2D eigenvalue weighted by molar-refractivity contribution is 9.09. The third-order valence-corrected chi connectivity index (χ3v) is 8.59. The number of halogens is 1. The van der Waals surface area contributed by atoms with Gasteiger partial charge in [0.2, 0.25) is 17.7 Å². The number of likely N-dealkylation sites (tertiary alicyclic amines) is 1. The molecule has 0 saturated carbocycles. The van der Waals surface area contributed by atoms with Crippen molar-refractivity contribution in [2.75, 3.05) is 11.9 Å². The van der Waals surface area contributed by atoms with E-state index in [1.807, 2.05) is 39.0 Å². The van der Waals surface area contributed by atoms with Crippen molar-refractivity contribution >= 4 is 39.3 Å². The largest absolute Gasteiger partial charge is 0.394 e. The van der Waals surface area contributed by atoms with Crippen molar-refractivity contribution in [3.63, 3.8) is 0 Å². The summed E-state index contributed by atoms with van der Waals surface area (Å²) in [5, 5.41) is 16.2. The fourth-order valence-corrected chi connectivity index (χ4v) is 7.16. The molecule has 3 saturated heterocycles. The molecule has 0 aliphatic carbocycles. The molecular formula is C26H36BrN3O5. The first kappa shape index (κ1) is 26.1. The van der Waals surface area contributed by atoms with Crippen LogP contribution in [0.2, 0.25) is 0 Å². The second-order valence-electron chi connectivity index (χ2n) is 10.5. The molecule has 0 radical (unpaired) electrons. The molecule has 4 unspecified atom stereocenters. The average molecular weight is 550 g/mol. The molecule has 9 heteroatoms. The first-order chi connectivity index (χ1) is 16.7. The summed E-state index contributed by atoms with van der Waals surface area (Å²) in [5.41, 5.74) is -0.492. The summed E-state index contributed by atoms with van der Waals surface area (Å²) >= 11 is 3.68. The lowest BCUT2D eigenvalue weighted by molar-refractivity contribution is -0.146. The molecule has 3 aliphatic rings. The van der Waals surface area contributed by atoms with Gasteiger partial charge in [-0.2, -0.15) is 0 Å². The molecule has 3 N–H and O–H groups in total. The lowest BCUT2D eigenvalue weighted by atomic mass is 9.70. The number of rotatable bonds is 9. The minimum atomic E-state index is -1.13. The molecule has 1 aromatic carbocycles. The smallest absolute Gasteiger partial charge is 0.246 e. The van der Waals surface area contributed by atoms with Gasteiger partial charge >= 0.3 is 0 Å². The number of benzene rings is 1. The first-order valence-corrected chi connectivity index (χ1v) is 13.5. The molecule has 0 aromatic heterocycles. The Hall–Kier alpha value is -1.97. The van der Waals surface area contributed by atoms with Crippen LogP contribution < -0.4 is 10.6 Å². The van der Waals surface area contributed by atoms with E-state index in [-0.39, 0.29) is 41.1 Å². The lowest BCUT2D eigenvalue weighted by Crippen LogP contribution is -2.60. The normalized spacial score (nSPS) is 33.1. The number of fused-ring (bicyclic) bond motifs is 1. The minimum absolute atomic E-state index is 0.0675. The van der Waals surface area contributed by atoms with Gasteiger partial charge in [-0.25, -0.2) is 0 Å². The predicted molar refractivity (Wildman–Crippen MR) is 136 cm³/mol. The zero-order chi connectivity index (χ0) is 25.5. The third-order valence-electron chi connectivity index (χ3n) is 7.74. The van der Waals surface area contributed by atoms with Crippen LogP contribution in [0, 0.1) is 17.8 Å². The Morgan fingerprint density at radius 3 is 2.51 bits per heavy atom. The van der Waals surface area contributed by atoms with Crippen molar-refractivity contribution in [1.29, 1.82) is 0 Å². The number of nitrogens with zero attached hydrogens (tertiary/aromatic N) is 1. The number of para-hydroxylation sites is 1. The van der Waals surface area contributed by atoms with Crippen LogP contribution in [-0.4, -0.2) is 69.0 Å². The Morgan fingerprint density at radius 1 is 1.23 bits per heavy atom. The number of ether oxygens (including phenoxy) is 1. The molecule has 35 heavy (non-hydrogen) atoms. The Balaban J connectivity index is 1.73. The van der Waals surface area contributed by atoms with Crippen molar-refractivity contribution in [2.24, 2.45) is 17.8 Å². The van der Waals surface area contributed by atoms with E-state index in [1.165, 1.54) is 4.90 Å². The fourth-order valence-electron chi connectivity index (χ4n) is 6.22. The van der Waals surface area contributed by atoms with E-state index < -0.39 is 35.6 Å². The number of nitrogens with one attached hydrogen (secondary N) is 2. The molecule has 2 bridgehead atoms. The van der Waals surface area contributed by atoms with E-state index in [9.17, 15) is 19.5 Å². The Kier molecular flexibility index (Phi) is 7.60. The second-order valence-corrected chi connectivity index (χ2v) is 11.6. The number of hydrogen-bond donors (Lipinski definition) is 3. The van der Waals surface area contributed by atoms with E-state index in [2.05, 4.69) is 33.5 Å². The van der Waals surface area contributed by atoms with Crippen LogP contribution in [0.25, 0.3) is 0 Å². The van der Waals surface area contributed by atoms with E-state index in [1.54, 1.807) is 12.1 Å². The van der Waals surface area contributed by atoms with E-state index in [4.69, 9.17) is 4.74 Å². The fraction of sp³-hybridized carbons (Fsp3) is 0.654. The summed E-state index contributed by atoms with van der Waals surface area (Å²) < 4.78 is 6.51. The van der Waals surface area contributed by atoms with Crippen molar-refractivity contribution in [3.8, 4) is 0 Å². The van der Waals surface area contributed by atoms with Gasteiger partial charge in [0, 0.05) is 16.6 Å². The Labute approximate surface area is 215 Å². The zero-order valence-corrected chi connectivity index (χ0v) is 22.3. The highest BCUT2D eigenvalue weighted by atomic mass is 79.9. The molecule has 3 amide bonds. The van der Waals surface area contributed by atoms with E-state index in [0.29, 0.717) is 12.1 Å². The number of aliphatic hydroxyl groups is 1. The van der Waals surface area contributed by atoms with Crippen LogP contribution in [0.5, 0.6) is 0 Å². The summed E-state index contributed by atoms with van der Waals surface area (Å²) in [4.78, 5) is 42.7. The maximum absolute atomic E-state index is 14.0. The highest BCUT2D eigenvalue weighted by Gasteiger charge is 2.77. The second kappa shape index (κ2) is 10.2. The van der Waals surface area contributed by atoms with E-state index in [0.717, 1.165) is 12.8 Å². The van der Waals surface area contributed by atoms with Gasteiger partial charge in [0.05, 0.1) is 30.6 Å². The van der Waals surface area contributed by atoms with Gasteiger partial charge in [0.1, 0.15) is 11.6 Å². The predicted octanol–water partition coefficient (Wildman–Crippen LogP) is 2.69. The number of hydrogen-bond acceptors (Lipinski definition) is 5. The summed E-state index contributed by atoms with van der Waals surface area (Å²) in [7, 11) is 0. The van der Waals surface area contributed by atoms with E-state index >= 15 is 0 Å². The molecule has 3 heterocycles. The quantitative estimate of drug-likeness (QED) is 0.410. The van der Waals surface area contributed by atoms with Crippen LogP contribution >= 0.6 is 15.9 Å². The van der Waals surface area contributed by atoms with Gasteiger partial charge in [0.15, 0.2) is 0 Å². The average Bonchev–Trinajstić information content (AvgIpc) is 3.39.